The molecule has 0 aliphatic carbocycles. The Morgan fingerprint density at radius 2 is 1.87 bits per heavy atom. The molecule has 2 heterocycles. The number of ether oxygens (including phenoxy) is 1. The lowest BCUT2D eigenvalue weighted by Crippen LogP contribution is -2.04. The van der Waals surface area contributed by atoms with E-state index >= 15 is 0 Å². The number of aryl methyl sites for hydroxylation is 1. The Labute approximate surface area is 183 Å². The van der Waals surface area contributed by atoms with E-state index < -0.39 is 0 Å². The normalized spacial score (nSPS) is 11.0. The number of rotatable bonds is 9. The predicted octanol–water partition coefficient (Wildman–Crippen LogP) is 5.28. The van der Waals surface area contributed by atoms with Gasteiger partial charge < -0.3 is 14.6 Å². The van der Waals surface area contributed by atoms with Crippen molar-refractivity contribution < 1.29 is 9.26 Å². The predicted molar refractivity (Wildman–Crippen MR) is 120 cm³/mol. The van der Waals surface area contributed by atoms with Gasteiger partial charge in [-0.2, -0.15) is 4.98 Å². The van der Waals surface area contributed by atoms with E-state index in [1.54, 1.807) is 13.3 Å². The Kier molecular flexibility index (Phi) is 6.53. The fourth-order valence-electron chi connectivity index (χ4n) is 3.08. The monoisotopic (exact) mass is 467 g/mol. The number of halogens is 1. The Hall–Kier alpha value is -3.00. The lowest BCUT2D eigenvalue weighted by Gasteiger charge is -2.06. The van der Waals surface area contributed by atoms with E-state index in [0.717, 1.165) is 64.9 Å². The molecule has 1 N–H and O–H groups in total. The summed E-state index contributed by atoms with van der Waals surface area (Å²) in [6, 6.07) is 13.5. The maximum atomic E-state index is 5.37. The van der Waals surface area contributed by atoms with Crippen LogP contribution in [0.4, 0.5) is 5.82 Å². The highest BCUT2D eigenvalue weighted by atomic mass is 79.9. The molecule has 0 atom stereocenters. The van der Waals surface area contributed by atoms with Crippen LogP contribution in [0.15, 0.2) is 57.7 Å². The summed E-state index contributed by atoms with van der Waals surface area (Å²) < 4.78 is 11.5. The van der Waals surface area contributed by atoms with Gasteiger partial charge >= 0.3 is 0 Å². The first kappa shape index (κ1) is 20.3. The van der Waals surface area contributed by atoms with Gasteiger partial charge in [0.1, 0.15) is 11.6 Å². The molecular weight excluding hydrogens is 446 g/mol. The fourth-order valence-corrected chi connectivity index (χ4v) is 3.43. The van der Waals surface area contributed by atoms with Gasteiger partial charge in [0.05, 0.1) is 24.3 Å². The molecule has 4 rings (SSSR count). The molecule has 4 aromatic rings. The maximum absolute atomic E-state index is 5.37. The second kappa shape index (κ2) is 9.67. The molecule has 2 aromatic carbocycles. The van der Waals surface area contributed by atoms with Crippen LogP contribution in [-0.4, -0.2) is 33.8 Å². The van der Waals surface area contributed by atoms with Crippen molar-refractivity contribution in [2.45, 2.75) is 25.7 Å². The Balaban J connectivity index is 1.19. The van der Waals surface area contributed by atoms with Crippen LogP contribution in [0.3, 0.4) is 0 Å². The van der Waals surface area contributed by atoms with E-state index in [1.807, 2.05) is 42.5 Å². The molecular formula is C22H22BrN5O2. The van der Waals surface area contributed by atoms with Crippen molar-refractivity contribution in [2.24, 2.45) is 0 Å². The lowest BCUT2D eigenvalue weighted by atomic mass is 10.2. The molecule has 0 spiro atoms. The molecule has 0 bridgehead atoms. The smallest absolute Gasteiger partial charge is 0.226 e. The van der Waals surface area contributed by atoms with Crippen LogP contribution in [0.25, 0.3) is 22.4 Å². The van der Waals surface area contributed by atoms with Crippen molar-refractivity contribution >= 4 is 32.8 Å². The van der Waals surface area contributed by atoms with Crippen LogP contribution < -0.4 is 10.1 Å². The first-order chi connectivity index (χ1) is 14.7. The summed E-state index contributed by atoms with van der Waals surface area (Å²) in [4.78, 5) is 13.5. The molecule has 0 saturated carbocycles. The number of anilines is 1. The summed E-state index contributed by atoms with van der Waals surface area (Å²) in [7, 11) is 1.64. The third kappa shape index (κ3) is 5.13. The van der Waals surface area contributed by atoms with E-state index in [4.69, 9.17) is 9.26 Å². The standard InChI is InChI=1S/C22H22BrN5O2/c1-29-17-9-6-15(7-10-17)22-27-21(30-28-22)5-3-2-4-12-24-20-14-25-19-13-16(23)8-11-18(19)26-20/h6-11,13-14H,2-5,12H2,1H3,(H,24,26). The molecule has 154 valence electrons. The van der Waals surface area contributed by atoms with Crippen LogP contribution in [0.2, 0.25) is 0 Å². The number of hydrogen-bond acceptors (Lipinski definition) is 7. The van der Waals surface area contributed by atoms with Gasteiger partial charge in [-0.25, -0.2) is 4.98 Å². The zero-order valence-corrected chi connectivity index (χ0v) is 18.2. The van der Waals surface area contributed by atoms with Crippen molar-refractivity contribution in [1.82, 2.24) is 20.1 Å². The van der Waals surface area contributed by atoms with E-state index in [-0.39, 0.29) is 0 Å². The van der Waals surface area contributed by atoms with Gasteiger partial charge in [0.25, 0.3) is 0 Å². The van der Waals surface area contributed by atoms with Gasteiger partial charge in [0.2, 0.25) is 11.7 Å². The van der Waals surface area contributed by atoms with Crippen molar-refractivity contribution in [2.75, 3.05) is 19.0 Å². The molecule has 7 nitrogen and oxygen atoms in total. The van der Waals surface area contributed by atoms with Crippen molar-refractivity contribution in [3.05, 3.63) is 59.0 Å². The zero-order valence-electron chi connectivity index (χ0n) is 16.6. The van der Waals surface area contributed by atoms with Crippen LogP contribution >= 0.6 is 15.9 Å². The molecule has 0 aliphatic rings. The maximum Gasteiger partial charge on any atom is 0.226 e. The largest absolute Gasteiger partial charge is 0.497 e. The van der Waals surface area contributed by atoms with Crippen molar-refractivity contribution in [1.29, 1.82) is 0 Å². The number of benzene rings is 2. The summed E-state index contributed by atoms with van der Waals surface area (Å²) in [6.45, 7) is 0.845. The topological polar surface area (TPSA) is 86.0 Å². The van der Waals surface area contributed by atoms with Crippen molar-refractivity contribution in [3.8, 4) is 17.1 Å². The van der Waals surface area contributed by atoms with Gasteiger partial charge in [-0.05, 0) is 55.3 Å². The lowest BCUT2D eigenvalue weighted by molar-refractivity contribution is 0.374. The van der Waals surface area contributed by atoms with Gasteiger partial charge in [-0.1, -0.05) is 27.5 Å². The van der Waals surface area contributed by atoms with Crippen LogP contribution in [0.1, 0.15) is 25.2 Å². The van der Waals surface area contributed by atoms with Crippen LogP contribution in [-0.2, 0) is 6.42 Å². The summed E-state index contributed by atoms with van der Waals surface area (Å²) in [5.41, 5.74) is 2.68. The first-order valence-corrected chi connectivity index (χ1v) is 10.6. The molecule has 0 fully saturated rings. The van der Waals surface area contributed by atoms with Gasteiger partial charge in [0.15, 0.2) is 0 Å². The Bertz CT molecular complexity index is 1110. The van der Waals surface area contributed by atoms with Crippen LogP contribution in [0.5, 0.6) is 5.75 Å². The number of hydrogen-bond donors (Lipinski definition) is 1. The third-order valence-electron chi connectivity index (χ3n) is 4.69. The molecule has 8 heteroatoms. The zero-order chi connectivity index (χ0) is 20.8. The van der Waals surface area contributed by atoms with Crippen molar-refractivity contribution in [3.63, 3.8) is 0 Å². The number of fused-ring (bicyclic) bond motifs is 1. The number of aromatic nitrogens is 4. The molecule has 0 aliphatic heterocycles. The molecule has 0 amide bonds. The molecule has 30 heavy (non-hydrogen) atoms. The SMILES string of the molecule is COc1ccc(-c2noc(CCCCCNc3cnc4cc(Br)ccc4n3)n2)cc1. The Morgan fingerprint density at radius 1 is 1.00 bits per heavy atom. The van der Waals surface area contributed by atoms with E-state index in [2.05, 4.69) is 41.4 Å². The summed E-state index contributed by atoms with van der Waals surface area (Å²) >= 11 is 3.45. The average molecular weight is 468 g/mol. The molecule has 0 radical (unpaired) electrons. The average Bonchev–Trinajstić information content (AvgIpc) is 3.25. The molecule has 2 aromatic heterocycles. The highest BCUT2D eigenvalue weighted by Crippen LogP contribution is 2.20. The minimum atomic E-state index is 0.608. The van der Waals surface area contributed by atoms with Gasteiger partial charge in [0, 0.05) is 23.0 Å². The fraction of sp³-hybridized carbons (Fsp3) is 0.273. The molecule has 0 unspecified atom stereocenters. The minimum Gasteiger partial charge on any atom is -0.497 e. The molecule has 0 saturated heterocycles. The van der Waals surface area contributed by atoms with E-state index in [0.29, 0.717) is 11.7 Å². The highest BCUT2D eigenvalue weighted by molar-refractivity contribution is 9.10. The number of nitrogens with one attached hydrogen (secondary N) is 1. The second-order valence-electron chi connectivity index (χ2n) is 6.87. The summed E-state index contributed by atoms with van der Waals surface area (Å²) in [5, 5.41) is 7.41. The summed E-state index contributed by atoms with van der Waals surface area (Å²) in [6.07, 6.45) is 5.62. The van der Waals surface area contributed by atoms with Gasteiger partial charge in [-0.3, -0.25) is 4.98 Å². The first-order valence-electron chi connectivity index (χ1n) is 9.84. The number of methoxy groups -OCH3 is 1. The summed E-state index contributed by atoms with van der Waals surface area (Å²) in [5.74, 6) is 2.88. The van der Waals surface area contributed by atoms with E-state index in [9.17, 15) is 0 Å². The number of unbranched alkanes of at least 4 members (excludes halogenated alkanes) is 2. The second-order valence-corrected chi connectivity index (χ2v) is 7.78. The third-order valence-corrected chi connectivity index (χ3v) is 5.19. The highest BCUT2D eigenvalue weighted by Gasteiger charge is 2.08. The quantitative estimate of drug-likeness (QED) is 0.335. The van der Waals surface area contributed by atoms with Gasteiger partial charge in [-0.15, -0.1) is 0 Å². The van der Waals surface area contributed by atoms with E-state index in [1.165, 1.54) is 0 Å². The number of nitrogens with zero attached hydrogens (tertiary/aromatic N) is 4. The minimum absolute atomic E-state index is 0.608. The van der Waals surface area contributed by atoms with Crippen LogP contribution in [0, 0.1) is 0 Å². The Morgan fingerprint density at radius 3 is 2.70 bits per heavy atom.